The molecule has 6 nitrogen and oxygen atoms in total. The largest absolute Gasteiger partial charge is 0.381 e. The molecule has 0 spiro atoms. The summed E-state index contributed by atoms with van der Waals surface area (Å²) in [4.78, 5) is 23.2. The molecule has 1 aromatic heterocycles. The molecule has 0 aliphatic carbocycles. The molecular formula is C16H26N4O2S. The fourth-order valence-electron chi connectivity index (χ4n) is 3.86. The van der Waals surface area contributed by atoms with Crippen LogP contribution in [-0.4, -0.2) is 78.7 Å². The van der Waals surface area contributed by atoms with Gasteiger partial charge in [-0.05, 0) is 13.3 Å². The summed E-state index contributed by atoms with van der Waals surface area (Å²) in [6.45, 7) is 5.55. The molecule has 3 atom stereocenters. The second-order valence-corrected chi connectivity index (χ2v) is 7.78. The van der Waals surface area contributed by atoms with Gasteiger partial charge in [0, 0.05) is 58.7 Å². The zero-order valence-electron chi connectivity index (χ0n) is 14.4. The van der Waals surface area contributed by atoms with Gasteiger partial charge >= 0.3 is 6.03 Å². The molecule has 23 heavy (non-hydrogen) atoms. The molecule has 1 aromatic rings. The Morgan fingerprint density at radius 2 is 2.26 bits per heavy atom. The molecule has 3 rings (SSSR count). The third kappa shape index (κ3) is 3.36. The van der Waals surface area contributed by atoms with Crippen LogP contribution in [0.1, 0.15) is 17.1 Å². The highest BCUT2D eigenvalue weighted by Crippen LogP contribution is 2.33. The van der Waals surface area contributed by atoms with Crippen molar-refractivity contribution in [2.45, 2.75) is 32.0 Å². The predicted molar refractivity (Wildman–Crippen MR) is 90.6 cm³/mol. The van der Waals surface area contributed by atoms with Gasteiger partial charge in [0.2, 0.25) is 0 Å². The number of hydrogen-bond donors (Lipinski definition) is 0. The molecule has 0 N–H and O–H groups in total. The monoisotopic (exact) mass is 338 g/mol. The first kappa shape index (κ1) is 16.7. The van der Waals surface area contributed by atoms with E-state index < -0.39 is 0 Å². The van der Waals surface area contributed by atoms with E-state index in [0.717, 1.165) is 43.3 Å². The maximum Gasteiger partial charge on any atom is 0.319 e. The van der Waals surface area contributed by atoms with Crippen LogP contribution in [0.3, 0.4) is 0 Å². The van der Waals surface area contributed by atoms with E-state index in [-0.39, 0.29) is 18.2 Å². The van der Waals surface area contributed by atoms with Crippen molar-refractivity contribution in [2.75, 3.05) is 40.8 Å². The Kier molecular flexibility index (Phi) is 4.89. The minimum absolute atomic E-state index is 0.112. The molecule has 0 aromatic carbocycles. The van der Waals surface area contributed by atoms with Gasteiger partial charge in [0.05, 0.1) is 22.8 Å². The Hall–Kier alpha value is -1.18. The van der Waals surface area contributed by atoms with Crippen molar-refractivity contribution in [3.05, 3.63) is 16.1 Å². The average molecular weight is 338 g/mol. The number of ether oxygens (including phenoxy) is 1. The number of fused-ring (bicyclic) bond motifs is 1. The average Bonchev–Trinajstić information content (AvgIpc) is 3.11. The second kappa shape index (κ2) is 6.75. The second-order valence-electron chi connectivity index (χ2n) is 6.72. The first-order valence-corrected chi connectivity index (χ1v) is 9.01. The molecule has 2 saturated heterocycles. The molecule has 0 radical (unpaired) electrons. The van der Waals surface area contributed by atoms with Crippen LogP contribution in [0.25, 0.3) is 0 Å². The van der Waals surface area contributed by atoms with Crippen LogP contribution in [0.15, 0.2) is 5.38 Å². The summed E-state index contributed by atoms with van der Waals surface area (Å²) in [7, 11) is 5.44. The third-order valence-electron chi connectivity index (χ3n) is 4.92. The van der Waals surface area contributed by atoms with Gasteiger partial charge in [-0.3, -0.25) is 4.90 Å². The lowest BCUT2D eigenvalue weighted by molar-refractivity contribution is -0.0116. The lowest BCUT2D eigenvalue weighted by Crippen LogP contribution is -2.55. The number of carbonyl (C=O) groups excluding carboxylic acids is 1. The molecule has 0 unspecified atom stereocenters. The van der Waals surface area contributed by atoms with E-state index in [0.29, 0.717) is 5.92 Å². The Bertz CT molecular complexity index is 562. The van der Waals surface area contributed by atoms with E-state index in [4.69, 9.17) is 4.74 Å². The number of urea groups is 1. The number of thiazole rings is 1. The Morgan fingerprint density at radius 1 is 1.48 bits per heavy atom. The molecular weight excluding hydrogens is 312 g/mol. The van der Waals surface area contributed by atoms with Crippen molar-refractivity contribution < 1.29 is 9.53 Å². The van der Waals surface area contributed by atoms with Crippen molar-refractivity contribution in [1.82, 2.24) is 19.7 Å². The number of nitrogens with zero attached hydrogens (tertiary/aromatic N) is 4. The van der Waals surface area contributed by atoms with Crippen LogP contribution in [0.5, 0.6) is 0 Å². The number of aryl methyl sites for hydroxylation is 1. The number of likely N-dealkylation sites (tertiary alicyclic amines) is 2. The maximum absolute atomic E-state index is 12.5. The summed E-state index contributed by atoms with van der Waals surface area (Å²) in [5.74, 6) is 0.386. The van der Waals surface area contributed by atoms with Gasteiger partial charge in [-0.25, -0.2) is 9.78 Å². The van der Waals surface area contributed by atoms with Gasteiger partial charge in [0.15, 0.2) is 0 Å². The maximum atomic E-state index is 12.5. The summed E-state index contributed by atoms with van der Waals surface area (Å²) in [5.41, 5.74) is 1.13. The van der Waals surface area contributed by atoms with Crippen LogP contribution in [0.2, 0.25) is 0 Å². The molecule has 2 aliphatic heterocycles. The van der Waals surface area contributed by atoms with Crippen molar-refractivity contribution >= 4 is 17.4 Å². The molecule has 3 heterocycles. The van der Waals surface area contributed by atoms with E-state index in [1.54, 1.807) is 23.3 Å². The molecule has 0 bridgehead atoms. The van der Waals surface area contributed by atoms with Crippen molar-refractivity contribution in [2.24, 2.45) is 5.92 Å². The highest BCUT2D eigenvalue weighted by molar-refractivity contribution is 7.09. The van der Waals surface area contributed by atoms with E-state index >= 15 is 0 Å². The lowest BCUT2D eigenvalue weighted by atomic mass is 9.89. The van der Waals surface area contributed by atoms with Gasteiger partial charge in [0.1, 0.15) is 0 Å². The molecule has 2 amide bonds. The first-order valence-electron chi connectivity index (χ1n) is 8.13. The van der Waals surface area contributed by atoms with Crippen molar-refractivity contribution in [3.63, 3.8) is 0 Å². The van der Waals surface area contributed by atoms with Gasteiger partial charge in [-0.15, -0.1) is 11.3 Å². The molecule has 7 heteroatoms. The summed E-state index contributed by atoms with van der Waals surface area (Å²) < 4.78 is 5.70. The SMILES string of the molecule is CO[C@@H]1CCN(C(=O)N(C)C)[C@H]2CN(Cc3csc(C)n3)C[C@@H]12. The van der Waals surface area contributed by atoms with Crippen LogP contribution < -0.4 is 0 Å². The quantitative estimate of drug-likeness (QED) is 0.841. The number of carbonyl (C=O) groups is 1. The van der Waals surface area contributed by atoms with Crippen molar-refractivity contribution in [3.8, 4) is 0 Å². The van der Waals surface area contributed by atoms with Crippen LogP contribution in [0, 0.1) is 12.8 Å². The summed E-state index contributed by atoms with van der Waals surface area (Å²) in [5, 5.41) is 3.24. The third-order valence-corrected chi connectivity index (χ3v) is 5.75. The van der Waals surface area contributed by atoms with E-state index in [1.165, 1.54) is 0 Å². The molecule has 0 saturated carbocycles. The van der Waals surface area contributed by atoms with Crippen LogP contribution in [0.4, 0.5) is 4.79 Å². The lowest BCUT2D eigenvalue weighted by Gasteiger charge is -2.42. The summed E-state index contributed by atoms with van der Waals surface area (Å²) in [6.07, 6.45) is 1.16. The fraction of sp³-hybridized carbons (Fsp3) is 0.750. The Labute approximate surface area is 142 Å². The zero-order valence-corrected chi connectivity index (χ0v) is 15.2. The number of amides is 2. The van der Waals surface area contributed by atoms with E-state index in [1.807, 2.05) is 25.9 Å². The van der Waals surface area contributed by atoms with Crippen LogP contribution in [-0.2, 0) is 11.3 Å². The smallest absolute Gasteiger partial charge is 0.319 e. The number of rotatable bonds is 3. The minimum Gasteiger partial charge on any atom is -0.381 e. The number of piperidine rings is 1. The highest BCUT2D eigenvalue weighted by Gasteiger charge is 2.46. The fourth-order valence-corrected chi connectivity index (χ4v) is 4.47. The summed E-state index contributed by atoms with van der Waals surface area (Å²) in [6, 6.07) is 0.351. The predicted octanol–water partition coefficient (Wildman–Crippen LogP) is 1.65. The zero-order chi connectivity index (χ0) is 16.6. The van der Waals surface area contributed by atoms with Gasteiger partial charge in [-0.2, -0.15) is 0 Å². The van der Waals surface area contributed by atoms with E-state index in [9.17, 15) is 4.79 Å². The van der Waals surface area contributed by atoms with Gasteiger partial charge in [0.25, 0.3) is 0 Å². The molecule has 2 fully saturated rings. The Balaban J connectivity index is 1.73. The van der Waals surface area contributed by atoms with Crippen molar-refractivity contribution in [1.29, 1.82) is 0 Å². The van der Waals surface area contributed by atoms with E-state index in [2.05, 4.69) is 15.3 Å². The Morgan fingerprint density at radius 3 is 2.87 bits per heavy atom. The van der Waals surface area contributed by atoms with Gasteiger partial charge < -0.3 is 14.5 Å². The normalized spacial score (nSPS) is 28.0. The standard InChI is InChI=1S/C16H26N4O2S/c1-11-17-12(10-23-11)7-19-8-13-14(9-19)20(16(21)18(2)3)6-5-15(13)22-4/h10,13-15H,5-9H2,1-4H3/t13-,14+,15-/m1/s1. The summed E-state index contributed by atoms with van der Waals surface area (Å²) >= 11 is 1.69. The topological polar surface area (TPSA) is 48.9 Å². The minimum atomic E-state index is 0.112. The van der Waals surface area contributed by atoms with Crippen LogP contribution >= 0.6 is 11.3 Å². The first-order chi connectivity index (χ1) is 11.0. The molecule has 128 valence electrons. The highest BCUT2D eigenvalue weighted by atomic mass is 32.1. The van der Waals surface area contributed by atoms with Gasteiger partial charge in [-0.1, -0.05) is 0 Å². The molecule has 2 aliphatic rings. The number of hydrogen-bond acceptors (Lipinski definition) is 5. The number of aromatic nitrogens is 1. The number of methoxy groups -OCH3 is 1.